The smallest absolute Gasteiger partial charge is 0.186 e. The first-order valence-corrected chi connectivity index (χ1v) is 7.84. The van der Waals surface area contributed by atoms with Crippen LogP contribution >= 0.6 is 0 Å². The van der Waals surface area contributed by atoms with Crippen molar-refractivity contribution in [1.82, 2.24) is 0 Å². The first-order valence-electron chi connectivity index (χ1n) is 7.84. The summed E-state index contributed by atoms with van der Waals surface area (Å²) in [5.41, 5.74) is 0. The van der Waals surface area contributed by atoms with Crippen LogP contribution in [0.3, 0.4) is 0 Å². The largest absolute Gasteiger partial charge is 0.493 e. The van der Waals surface area contributed by atoms with Crippen molar-refractivity contribution in [3.8, 4) is 11.5 Å². The average Bonchev–Trinajstić information content (AvgIpc) is 2.64. The summed E-state index contributed by atoms with van der Waals surface area (Å²) in [5, 5.41) is 48.2. The van der Waals surface area contributed by atoms with E-state index in [9.17, 15) is 20.4 Å². The lowest BCUT2D eigenvalue weighted by Crippen LogP contribution is -2.59. The van der Waals surface area contributed by atoms with E-state index in [-0.39, 0.29) is 13.2 Å². The summed E-state index contributed by atoms with van der Waals surface area (Å²) in [6.07, 6.45) is -7.91. The van der Waals surface area contributed by atoms with Gasteiger partial charge in [-0.2, -0.15) is 0 Å². The number of benzene rings is 1. The van der Waals surface area contributed by atoms with Crippen molar-refractivity contribution in [3.05, 3.63) is 24.3 Å². The second kappa shape index (κ2) is 9.30. The summed E-state index contributed by atoms with van der Waals surface area (Å²) in [6, 6.07) is 6.94. The van der Waals surface area contributed by atoms with E-state index in [4.69, 9.17) is 24.1 Å². The van der Waals surface area contributed by atoms with Crippen LogP contribution in [0.5, 0.6) is 11.5 Å². The van der Waals surface area contributed by atoms with E-state index in [1.54, 1.807) is 24.3 Å². The van der Waals surface area contributed by atoms with Gasteiger partial charge in [0.15, 0.2) is 17.8 Å². The lowest BCUT2D eigenvalue weighted by atomic mass is 9.99. The monoisotopic (exact) mass is 360 g/mol. The molecule has 1 aliphatic rings. The molecule has 5 N–H and O–H groups in total. The zero-order chi connectivity index (χ0) is 18.4. The highest BCUT2D eigenvalue weighted by Gasteiger charge is 2.44. The molecule has 9 heteroatoms. The predicted molar refractivity (Wildman–Crippen MR) is 84.2 cm³/mol. The Morgan fingerprint density at radius 3 is 2.36 bits per heavy atom. The number of aliphatic hydroxyl groups is 5. The summed E-state index contributed by atoms with van der Waals surface area (Å²) >= 11 is 0. The third-order valence-corrected chi connectivity index (χ3v) is 3.80. The van der Waals surface area contributed by atoms with Gasteiger partial charge in [0.25, 0.3) is 0 Å². The molecular formula is C16H24O9. The zero-order valence-electron chi connectivity index (χ0n) is 13.8. The second-order valence-electron chi connectivity index (χ2n) is 5.65. The number of rotatable bonds is 8. The highest BCUT2D eigenvalue weighted by molar-refractivity contribution is 5.39. The van der Waals surface area contributed by atoms with Crippen LogP contribution in [0.15, 0.2) is 24.3 Å². The highest BCUT2D eigenvalue weighted by atomic mass is 16.7. The van der Waals surface area contributed by atoms with E-state index in [1.807, 2.05) is 0 Å². The molecule has 0 aliphatic carbocycles. The molecule has 0 spiro atoms. The Kier molecular flexibility index (Phi) is 7.38. The van der Waals surface area contributed by atoms with Gasteiger partial charge < -0.3 is 44.5 Å². The summed E-state index contributed by atoms with van der Waals surface area (Å²) in [6.45, 7) is -0.903. The van der Waals surface area contributed by atoms with Gasteiger partial charge in [0.2, 0.25) is 0 Å². The Bertz CT molecular complexity index is 524. The van der Waals surface area contributed by atoms with E-state index in [0.29, 0.717) is 11.5 Å². The number of hydrogen-bond donors (Lipinski definition) is 5. The Balaban J connectivity index is 1.82. The standard InChI is InChI=1S/C16H24O9/c1-22-10-4-2-3-5-11(10)23-7-9(18)8-24-16-15(21)14(20)13(19)12(6-17)25-16/h2-5,9,12-21H,6-8H2,1H3. The molecule has 0 radical (unpaired) electrons. The van der Waals surface area contributed by atoms with Crippen LogP contribution in [-0.4, -0.2) is 89.3 Å². The minimum Gasteiger partial charge on any atom is -0.493 e. The molecule has 0 bridgehead atoms. The topological polar surface area (TPSA) is 138 Å². The summed E-state index contributed by atoms with van der Waals surface area (Å²) < 4.78 is 21.0. The molecule has 6 unspecified atom stereocenters. The third kappa shape index (κ3) is 5.02. The first kappa shape index (κ1) is 19.9. The van der Waals surface area contributed by atoms with E-state index in [0.717, 1.165) is 0 Å². The Morgan fingerprint density at radius 2 is 1.72 bits per heavy atom. The molecule has 2 rings (SSSR count). The Morgan fingerprint density at radius 1 is 1.04 bits per heavy atom. The van der Waals surface area contributed by atoms with Gasteiger partial charge in [-0.3, -0.25) is 0 Å². The van der Waals surface area contributed by atoms with Gasteiger partial charge in [-0.25, -0.2) is 0 Å². The van der Waals surface area contributed by atoms with Crippen LogP contribution in [0, 0.1) is 0 Å². The molecule has 142 valence electrons. The number of para-hydroxylation sites is 2. The van der Waals surface area contributed by atoms with Crippen LogP contribution in [-0.2, 0) is 9.47 Å². The first-order chi connectivity index (χ1) is 12.0. The lowest BCUT2D eigenvalue weighted by Gasteiger charge is -2.39. The number of hydrogen-bond acceptors (Lipinski definition) is 9. The molecule has 0 saturated carbocycles. The van der Waals surface area contributed by atoms with Crippen LogP contribution in [0.1, 0.15) is 0 Å². The molecule has 1 heterocycles. The fourth-order valence-electron chi connectivity index (χ4n) is 2.38. The van der Waals surface area contributed by atoms with Crippen molar-refractivity contribution in [1.29, 1.82) is 0 Å². The van der Waals surface area contributed by atoms with Gasteiger partial charge in [-0.05, 0) is 12.1 Å². The maximum atomic E-state index is 9.94. The van der Waals surface area contributed by atoms with Crippen LogP contribution < -0.4 is 9.47 Å². The summed E-state index contributed by atoms with van der Waals surface area (Å²) in [4.78, 5) is 0. The van der Waals surface area contributed by atoms with Crippen molar-refractivity contribution in [2.24, 2.45) is 0 Å². The lowest BCUT2D eigenvalue weighted by molar-refractivity contribution is -0.304. The Hall–Kier alpha value is -1.46. The second-order valence-corrected chi connectivity index (χ2v) is 5.65. The molecule has 6 atom stereocenters. The van der Waals surface area contributed by atoms with E-state index >= 15 is 0 Å². The minimum absolute atomic E-state index is 0.0994. The molecule has 1 aromatic rings. The van der Waals surface area contributed by atoms with Crippen molar-refractivity contribution < 1.29 is 44.5 Å². The summed E-state index contributed by atoms with van der Waals surface area (Å²) in [5.74, 6) is 0.974. The molecule has 1 fully saturated rings. The van der Waals surface area contributed by atoms with Gasteiger partial charge in [-0.15, -0.1) is 0 Å². The van der Waals surface area contributed by atoms with Gasteiger partial charge in [0.1, 0.15) is 37.1 Å². The van der Waals surface area contributed by atoms with E-state index < -0.39 is 43.4 Å². The average molecular weight is 360 g/mol. The minimum atomic E-state index is -1.53. The SMILES string of the molecule is COc1ccccc1OCC(O)COC1OC(CO)C(O)C(O)C1O. The maximum Gasteiger partial charge on any atom is 0.186 e. The van der Waals surface area contributed by atoms with Crippen LogP contribution in [0.4, 0.5) is 0 Å². The van der Waals surface area contributed by atoms with Crippen molar-refractivity contribution in [3.63, 3.8) is 0 Å². The highest BCUT2D eigenvalue weighted by Crippen LogP contribution is 2.26. The summed E-state index contributed by atoms with van der Waals surface area (Å²) in [7, 11) is 1.50. The molecule has 25 heavy (non-hydrogen) atoms. The molecule has 0 amide bonds. The molecule has 1 aliphatic heterocycles. The quantitative estimate of drug-likeness (QED) is 0.365. The van der Waals surface area contributed by atoms with Crippen molar-refractivity contribution in [2.45, 2.75) is 36.8 Å². The van der Waals surface area contributed by atoms with E-state index in [1.165, 1.54) is 7.11 Å². The van der Waals surface area contributed by atoms with E-state index in [2.05, 4.69) is 0 Å². The molecule has 9 nitrogen and oxygen atoms in total. The predicted octanol–water partition coefficient (Wildman–Crippen LogP) is -1.75. The number of aliphatic hydroxyl groups excluding tert-OH is 5. The third-order valence-electron chi connectivity index (χ3n) is 3.80. The molecule has 1 aromatic carbocycles. The van der Waals surface area contributed by atoms with Gasteiger partial charge in [-0.1, -0.05) is 12.1 Å². The molecule has 0 aromatic heterocycles. The van der Waals surface area contributed by atoms with Crippen LogP contribution in [0.2, 0.25) is 0 Å². The van der Waals surface area contributed by atoms with Gasteiger partial charge in [0, 0.05) is 0 Å². The fourth-order valence-corrected chi connectivity index (χ4v) is 2.38. The number of methoxy groups -OCH3 is 1. The zero-order valence-corrected chi connectivity index (χ0v) is 13.8. The Labute approximate surface area is 145 Å². The number of ether oxygens (including phenoxy) is 4. The van der Waals surface area contributed by atoms with Crippen molar-refractivity contribution in [2.75, 3.05) is 26.9 Å². The van der Waals surface area contributed by atoms with Crippen LogP contribution in [0.25, 0.3) is 0 Å². The van der Waals surface area contributed by atoms with Gasteiger partial charge >= 0.3 is 0 Å². The van der Waals surface area contributed by atoms with Crippen molar-refractivity contribution >= 4 is 0 Å². The molecule has 1 saturated heterocycles. The molecular weight excluding hydrogens is 336 g/mol. The normalized spacial score (nSPS) is 30.7. The maximum absolute atomic E-state index is 9.94. The fraction of sp³-hybridized carbons (Fsp3) is 0.625. The van der Waals surface area contributed by atoms with Gasteiger partial charge in [0.05, 0.1) is 20.3 Å².